The molecule has 0 spiro atoms. The van der Waals surface area contributed by atoms with E-state index in [1.54, 1.807) is 12.2 Å². The zero-order chi connectivity index (χ0) is 21.8. The van der Waals surface area contributed by atoms with Crippen LogP contribution in [0.25, 0.3) is 0 Å². The van der Waals surface area contributed by atoms with E-state index >= 15 is 0 Å². The van der Waals surface area contributed by atoms with E-state index in [-0.39, 0.29) is 6.61 Å². The largest absolute Gasteiger partial charge is 0.491 e. The highest BCUT2D eigenvalue weighted by molar-refractivity contribution is 5.28. The number of nitrogens with one attached hydrogen (secondary N) is 1. The third-order valence-electron chi connectivity index (χ3n) is 5.87. The lowest BCUT2D eigenvalue weighted by Gasteiger charge is -2.32. The Morgan fingerprint density at radius 3 is 2.60 bits per heavy atom. The van der Waals surface area contributed by atoms with Crippen molar-refractivity contribution in [1.29, 1.82) is 0 Å². The molecule has 30 heavy (non-hydrogen) atoms. The molecule has 1 aliphatic carbocycles. The van der Waals surface area contributed by atoms with Gasteiger partial charge in [-0.2, -0.15) is 0 Å². The van der Waals surface area contributed by atoms with Crippen molar-refractivity contribution in [3.05, 3.63) is 55.1 Å². The lowest BCUT2D eigenvalue weighted by atomic mass is 9.94. The standard InChI is InChI=1S/C25H40N2O3/c1-4-14-25(29,15-5-2)20-26-17-21-10-9-13-24(16-21)30-19-23(28)18-27(3)22-11-7-6-8-12-22/h4-5,9-10,13,16,22-23,26,28-29H,1-2,6-8,11-12,14-15,17-20H2,3H3/t23-/m1/s1. The minimum Gasteiger partial charge on any atom is -0.491 e. The van der Waals surface area contributed by atoms with Crippen LogP contribution in [0.2, 0.25) is 0 Å². The molecule has 1 aromatic rings. The predicted molar refractivity (Wildman–Crippen MR) is 124 cm³/mol. The maximum Gasteiger partial charge on any atom is 0.119 e. The van der Waals surface area contributed by atoms with Gasteiger partial charge in [-0.3, -0.25) is 0 Å². The third-order valence-corrected chi connectivity index (χ3v) is 5.87. The first kappa shape index (κ1) is 24.6. The molecular formula is C25H40N2O3. The number of rotatable bonds is 14. The molecule has 0 amide bonds. The Labute approximate surface area is 182 Å². The molecule has 1 atom stereocenters. The number of aliphatic hydroxyl groups is 2. The van der Waals surface area contributed by atoms with Crippen molar-refractivity contribution in [2.24, 2.45) is 0 Å². The van der Waals surface area contributed by atoms with Crippen LogP contribution in [0.3, 0.4) is 0 Å². The highest BCUT2D eigenvalue weighted by Gasteiger charge is 2.23. The first-order valence-corrected chi connectivity index (χ1v) is 11.2. The van der Waals surface area contributed by atoms with Crippen LogP contribution in [0.15, 0.2) is 49.6 Å². The number of likely N-dealkylation sites (N-methyl/N-ethyl adjacent to an activating group) is 1. The van der Waals surface area contributed by atoms with Crippen molar-refractivity contribution in [1.82, 2.24) is 10.2 Å². The van der Waals surface area contributed by atoms with Gasteiger partial charge in [0.2, 0.25) is 0 Å². The van der Waals surface area contributed by atoms with Gasteiger partial charge in [0, 0.05) is 25.7 Å². The van der Waals surface area contributed by atoms with E-state index in [0.29, 0.717) is 38.5 Å². The van der Waals surface area contributed by atoms with E-state index < -0.39 is 11.7 Å². The Morgan fingerprint density at radius 1 is 1.23 bits per heavy atom. The van der Waals surface area contributed by atoms with Crippen molar-refractivity contribution in [2.45, 2.75) is 69.2 Å². The molecule has 1 aromatic carbocycles. The molecule has 0 bridgehead atoms. The van der Waals surface area contributed by atoms with Crippen LogP contribution in [0, 0.1) is 0 Å². The summed E-state index contributed by atoms with van der Waals surface area (Å²) in [5.41, 5.74) is 0.215. The fourth-order valence-electron chi connectivity index (χ4n) is 4.20. The Balaban J connectivity index is 1.76. The van der Waals surface area contributed by atoms with Gasteiger partial charge in [0.15, 0.2) is 0 Å². The van der Waals surface area contributed by atoms with Crippen LogP contribution in [0.4, 0.5) is 0 Å². The van der Waals surface area contributed by atoms with Crippen LogP contribution < -0.4 is 10.1 Å². The lowest BCUT2D eigenvalue weighted by Crippen LogP contribution is -2.40. The highest BCUT2D eigenvalue weighted by atomic mass is 16.5. The van der Waals surface area contributed by atoms with Crippen LogP contribution in [-0.4, -0.2) is 59.6 Å². The monoisotopic (exact) mass is 416 g/mol. The van der Waals surface area contributed by atoms with E-state index in [9.17, 15) is 10.2 Å². The molecule has 0 aromatic heterocycles. The van der Waals surface area contributed by atoms with Gasteiger partial charge < -0.3 is 25.2 Å². The second-order valence-electron chi connectivity index (χ2n) is 8.66. The molecule has 0 aliphatic heterocycles. The lowest BCUT2D eigenvalue weighted by molar-refractivity contribution is 0.0460. The van der Waals surface area contributed by atoms with Gasteiger partial charge in [-0.15, -0.1) is 13.2 Å². The second-order valence-corrected chi connectivity index (χ2v) is 8.66. The van der Waals surface area contributed by atoms with Crippen molar-refractivity contribution in [3.63, 3.8) is 0 Å². The summed E-state index contributed by atoms with van der Waals surface area (Å²) < 4.78 is 5.84. The smallest absolute Gasteiger partial charge is 0.119 e. The molecule has 1 fully saturated rings. The molecule has 0 unspecified atom stereocenters. The first-order valence-electron chi connectivity index (χ1n) is 11.2. The number of ether oxygens (including phenoxy) is 1. The first-order chi connectivity index (χ1) is 14.5. The number of aliphatic hydroxyl groups excluding tert-OH is 1. The Bertz CT molecular complexity index is 633. The summed E-state index contributed by atoms with van der Waals surface area (Å²) in [5.74, 6) is 0.751. The molecule has 2 rings (SSSR count). The Hall–Kier alpha value is -1.66. The number of hydrogen-bond donors (Lipinski definition) is 3. The molecule has 3 N–H and O–H groups in total. The number of hydrogen-bond acceptors (Lipinski definition) is 5. The van der Waals surface area contributed by atoms with Crippen LogP contribution in [0.1, 0.15) is 50.5 Å². The number of nitrogens with zero attached hydrogens (tertiary/aromatic N) is 1. The van der Waals surface area contributed by atoms with Crippen molar-refractivity contribution in [2.75, 3.05) is 26.7 Å². The molecule has 0 saturated heterocycles. The average Bonchev–Trinajstić information content (AvgIpc) is 2.73. The average molecular weight is 417 g/mol. The van der Waals surface area contributed by atoms with Crippen molar-refractivity contribution < 1.29 is 14.9 Å². The predicted octanol–water partition coefficient (Wildman–Crippen LogP) is 3.66. The zero-order valence-corrected chi connectivity index (χ0v) is 18.6. The minimum atomic E-state index is -0.855. The molecule has 0 radical (unpaired) electrons. The van der Waals surface area contributed by atoms with Gasteiger partial charge in [-0.25, -0.2) is 0 Å². The quantitative estimate of drug-likeness (QED) is 0.404. The minimum absolute atomic E-state index is 0.284. The highest BCUT2D eigenvalue weighted by Crippen LogP contribution is 2.22. The Kier molecular flexibility index (Phi) is 10.6. The van der Waals surface area contributed by atoms with Gasteiger partial charge in [0.1, 0.15) is 18.5 Å². The van der Waals surface area contributed by atoms with Crippen LogP contribution in [0.5, 0.6) is 5.75 Å². The van der Waals surface area contributed by atoms with Gasteiger partial charge in [-0.05, 0) is 50.4 Å². The van der Waals surface area contributed by atoms with Gasteiger partial charge in [0.25, 0.3) is 0 Å². The fourth-order valence-corrected chi connectivity index (χ4v) is 4.20. The van der Waals surface area contributed by atoms with E-state index in [2.05, 4.69) is 30.4 Å². The van der Waals surface area contributed by atoms with Crippen LogP contribution >= 0.6 is 0 Å². The van der Waals surface area contributed by atoms with Crippen LogP contribution in [-0.2, 0) is 6.54 Å². The summed E-state index contributed by atoms with van der Waals surface area (Å²) in [7, 11) is 2.10. The summed E-state index contributed by atoms with van der Waals surface area (Å²) >= 11 is 0. The summed E-state index contributed by atoms with van der Waals surface area (Å²) in [5, 5.41) is 24.3. The summed E-state index contributed by atoms with van der Waals surface area (Å²) in [6.07, 6.45) is 10.4. The normalized spacial score (nSPS) is 16.4. The zero-order valence-electron chi connectivity index (χ0n) is 18.6. The maximum atomic E-state index is 10.6. The molecule has 5 heteroatoms. The molecule has 5 nitrogen and oxygen atoms in total. The van der Waals surface area contributed by atoms with Gasteiger partial charge in [0.05, 0.1) is 5.60 Å². The molecule has 0 heterocycles. The van der Waals surface area contributed by atoms with Gasteiger partial charge in [-0.1, -0.05) is 43.5 Å². The van der Waals surface area contributed by atoms with Gasteiger partial charge >= 0.3 is 0 Å². The topological polar surface area (TPSA) is 65.0 Å². The fraction of sp³-hybridized carbons (Fsp3) is 0.600. The Morgan fingerprint density at radius 2 is 1.93 bits per heavy atom. The molecule has 1 aliphatic rings. The van der Waals surface area contributed by atoms with E-state index in [1.165, 1.54) is 32.1 Å². The van der Waals surface area contributed by atoms with Crippen molar-refractivity contribution >= 4 is 0 Å². The summed E-state index contributed by atoms with van der Waals surface area (Å²) in [6.45, 7) is 9.45. The van der Waals surface area contributed by atoms with E-state index in [0.717, 1.165) is 11.3 Å². The molecule has 168 valence electrons. The maximum absolute atomic E-state index is 10.6. The summed E-state index contributed by atoms with van der Waals surface area (Å²) in [4.78, 5) is 2.28. The SMILES string of the molecule is C=CCC(O)(CC=C)CNCc1cccc(OC[C@H](O)CN(C)C2CCCCC2)c1. The second kappa shape index (κ2) is 12.9. The van der Waals surface area contributed by atoms with Crippen molar-refractivity contribution in [3.8, 4) is 5.75 Å². The summed E-state index contributed by atoms with van der Waals surface area (Å²) in [6, 6.07) is 8.45. The van der Waals surface area contributed by atoms with E-state index in [4.69, 9.17) is 4.74 Å². The van der Waals surface area contributed by atoms with E-state index in [1.807, 2.05) is 24.3 Å². The third kappa shape index (κ3) is 8.60. The number of benzene rings is 1. The molecule has 1 saturated carbocycles. The molecular weight excluding hydrogens is 376 g/mol.